The van der Waals surface area contributed by atoms with Crippen LogP contribution in [0.5, 0.6) is 0 Å². The Morgan fingerprint density at radius 2 is 2.16 bits per heavy atom. The summed E-state index contributed by atoms with van der Waals surface area (Å²) in [6, 6.07) is 8.04. The Bertz CT molecular complexity index is 576. The highest BCUT2D eigenvalue weighted by Crippen LogP contribution is 2.31. The number of nitrogen functional groups attached to an aromatic ring is 1. The van der Waals surface area contributed by atoms with E-state index in [0.717, 1.165) is 11.1 Å². The van der Waals surface area contributed by atoms with Crippen LogP contribution in [0, 0.1) is 0 Å². The highest BCUT2D eigenvalue weighted by molar-refractivity contribution is 5.27. The van der Waals surface area contributed by atoms with Crippen LogP contribution < -0.4 is 5.73 Å². The Hall–Kier alpha value is -1.92. The van der Waals surface area contributed by atoms with E-state index in [4.69, 9.17) is 15.2 Å². The van der Waals surface area contributed by atoms with Crippen LogP contribution in [0.15, 0.2) is 30.5 Å². The van der Waals surface area contributed by atoms with Crippen molar-refractivity contribution in [1.29, 1.82) is 0 Å². The molecule has 0 atom stereocenters. The van der Waals surface area contributed by atoms with Crippen LogP contribution >= 0.6 is 0 Å². The largest absolute Gasteiger partial charge is 0.381 e. The topological polar surface area (TPSA) is 75.2 Å². The molecule has 0 amide bonds. The first-order valence-electron chi connectivity index (χ1n) is 6.19. The molecule has 1 aliphatic heterocycles. The number of aromatic nitrogens is 3. The fourth-order valence-corrected chi connectivity index (χ4v) is 2.18. The molecule has 1 aromatic heterocycles. The maximum Gasteiger partial charge on any atom is 0.192 e. The molecule has 100 valence electrons. The van der Waals surface area contributed by atoms with Gasteiger partial charge in [-0.1, -0.05) is 18.2 Å². The number of anilines is 1. The number of rotatable bonds is 3. The summed E-state index contributed by atoms with van der Waals surface area (Å²) in [5, 5.41) is 8.14. The second kappa shape index (κ2) is 4.64. The van der Waals surface area contributed by atoms with Gasteiger partial charge in [0.1, 0.15) is 0 Å². The van der Waals surface area contributed by atoms with Gasteiger partial charge in [0, 0.05) is 5.56 Å². The van der Waals surface area contributed by atoms with Gasteiger partial charge >= 0.3 is 0 Å². The molecule has 6 nitrogen and oxygen atoms in total. The van der Waals surface area contributed by atoms with E-state index >= 15 is 0 Å². The zero-order chi connectivity index (χ0) is 13.3. The van der Waals surface area contributed by atoms with Gasteiger partial charge in [-0.3, -0.25) is 0 Å². The lowest BCUT2D eigenvalue weighted by Gasteiger charge is -2.23. The SMILES string of the molecule is CC1(c2cccc(Cn3ncc(N)n3)c2)OCCO1. The summed E-state index contributed by atoms with van der Waals surface area (Å²) in [5.74, 6) is -0.224. The summed E-state index contributed by atoms with van der Waals surface area (Å²) in [7, 11) is 0. The Kier molecular flexibility index (Phi) is 2.96. The highest BCUT2D eigenvalue weighted by Gasteiger charge is 2.33. The molecule has 3 rings (SSSR count). The van der Waals surface area contributed by atoms with Gasteiger partial charge in [-0.05, 0) is 18.6 Å². The van der Waals surface area contributed by atoms with Gasteiger partial charge in [-0.15, -0.1) is 5.10 Å². The van der Waals surface area contributed by atoms with E-state index in [2.05, 4.69) is 10.2 Å². The van der Waals surface area contributed by atoms with Crippen molar-refractivity contribution in [3.05, 3.63) is 41.6 Å². The molecule has 1 saturated heterocycles. The number of hydrogen-bond acceptors (Lipinski definition) is 5. The van der Waals surface area contributed by atoms with Crippen LogP contribution in [0.2, 0.25) is 0 Å². The number of nitrogens with zero attached hydrogens (tertiary/aromatic N) is 3. The normalized spacial score (nSPS) is 17.7. The van der Waals surface area contributed by atoms with Crippen molar-refractivity contribution in [3.8, 4) is 0 Å². The predicted molar refractivity (Wildman–Crippen MR) is 69.2 cm³/mol. The van der Waals surface area contributed by atoms with Gasteiger partial charge in [0.2, 0.25) is 0 Å². The van der Waals surface area contributed by atoms with Crippen LogP contribution in [-0.2, 0) is 21.8 Å². The third kappa shape index (κ3) is 2.45. The Morgan fingerprint density at radius 3 is 2.84 bits per heavy atom. The molecule has 0 unspecified atom stereocenters. The highest BCUT2D eigenvalue weighted by atomic mass is 16.7. The number of benzene rings is 1. The van der Waals surface area contributed by atoms with Gasteiger partial charge in [-0.2, -0.15) is 9.90 Å². The molecule has 2 N–H and O–H groups in total. The first kappa shape index (κ1) is 12.1. The lowest BCUT2D eigenvalue weighted by molar-refractivity contribution is -0.149. The van der Waals surface area contributed by atoms with Crippen molar-refractivity contribution >= 4 is 5.82 Å². The molecule has 0 radical (unpaired) electrons. The first-order valence-corrected chi connectivity index (χ1v) is 6.19. The van der Waals surface area contributed by atoms with Crippen molar-refractivity contribution < 1.29 is 9.47 Å². The summed E-state index contributed by atoms with van der Waals surface area (Å²) in [4.78, 5) is 1.56. The van der Waals surface area contributed by atoms with E-state index in [1.54, 1.807) is 4.80 Å². The maximum atomic E-state index is 5.66. The molecule has 1 aliphatic rings. The zero-order valence-corrected chi connectivity index (χ0v) is 10.7. The van der Waals surface area contributed by atoms with Gasteiger partial charge in [-0.25, -0.2) is 0 Å². The predicted octanol–water partition coefficient (Wildman–Crippen LogP) is 1.13. The molecule has 0 aliphatic carbocycles. The minimum Gasteiger partial charge on any atom is -0.381 e. The van der Waals surface area contributed by atoms with Gasteiger partial charge in [0.05, 0.1) is 26.0 Å². The van der Waals surface area contributed by atoms with Crippen molar-refractivity contribution in [2.75, 3.05) is 18.9 Å². The second-order valence-electron chi connectivity index (χ2n) is 4.64. The van der Waals surface area contributed by atoms with Crippen molar-refractivity contribution in [3.63, 3.8) is 0 Å². The minimum atomic E-state index is -0.646. The summed E-state index contributed by atoms with van der Waals surface area (Å²) < 4.78 is 11.3. The molecule has 2 aromatic rings. The molecule has 6 heteroatoms. The number of hydrogen-bond donors (Lipinski definition) is 1. The molecule has 0 saturated carbocycles. The molecule has 0 spiro atoms. The first-order chi connectivity index (χ1) is 9.16. The molecule has 0 bridgehead atoms. The van der Waals surface area contributed by atoms with Crippen molar-refractivity contribution in [2.45, 2.75) is 19.3 Å². The van der Waals surface area contributed by atoms with Gasteiger partial charge in [0.25, 0.3) is 0 Å². The molecule has 1 aromatic carbocycles. The Morgan fingerprint density at radius 1 is 1.37 bits per heavy atom. The Balaban J connectivity index is 1.83. The third-order valence-corrected chi connectivity index (χ3v) is 3.17. The van der Waals surface area contributed by atoms with Crippen LogP contribution in [0.1, 0.15) is 18.1 Å². The summed E-state index contributed by atoms with van der Waals surface area (Å²) in [6.07, 6.45) is 1.54. The maximum absolute atomic E-state index is 5.66. The number of ether oxygens (including phenoxy) is 2. The van der Waals surface area contributed by atoms with E-state index in [0.29, 0.717) is 25.6 Å². The molecule has 1 fully saturated rings. The van der Waals surface area contributed by atoms with E-state index in [9.17, 15) is 0 Å². The average molecular weight is 260 g/mol. The lowest BCUT2D eigenvalue weighted by Crippen LogP contribution is -2.22. The third-order valence-electron chi connectivity index (χ3n) is 3.17. The van der Waals surface area contributed by atoms with Gasteiger partial charge in [0.15, 0.2) is 11.6 Å². The molecular weight excluding hydrogens is 244 g/mol. The number of nitrogens with two attached hydrogens (primary N) is 1. The van der Waals surface area contributed by atoms with Crippen molar-refractivity contribution in [1.82, 2.24) is 15.0 Å². The standard InChI is InChI=1S/C13H16N4O2/c1-13(18-5-6-19-13)11-4-2-3-10(7-11)9-17-15-8-12(14)16-17/h2-4,7-8H,5-6,9H2,1H3,(H2,14,16). The Labute approximate surface area is 111 Å². The molecular formula is C13H16N4O2. The lowest BCUT2D eigenvalue weighted by atomic mass is 10.0. The van der Waals surface area contributed by atoms with E-state index < -0.39 is 5.79 Å². The fraction of sp³-hybridized carbons (Fsp3) is 0.385. The van der Waals surface area contributed by atoms with Crippen LogP contribution in [0.4, 0.5) is 5.82 Å². The minimum absolute atomic E-state index is 0.422. The summed E-state index contributed by atoms with van der Waals surface area (Å²) >= 11 is 0. The average Bonchev–Trinajstić information content (AvgIpc) is 3.00. The second-order valence-corrected chi connectivity index (χ2v) is 4.64. The van der Waals surface area contributed by atoms with E-state index in [1.807, 2.05) is 31.2 Å². The summed E-state index contributed by atoms with van der Waals surface area (Å²) in [6.45, 7) is 3.75. The van der Waals surface area contributed by atoms with Crippen LogP contribution in [-0.4, -0.2) is 28.2 Å². The molecule has 19 heavy (non-hydrogen) atoms. The monoisotopic (exact) mass is 260 g/mol. The fourth-order valence-electron chi connectivity index (χ4n) is 2.18. The zero-order valence-electron chi connectivity index (χ0n) is 10.7. The smallest absolute Gasteiger partial charge is 0.192 e. The summed E-state index contributed by atoms with van der Waals surface area (Å²) in [5.41, 5.74) is 7.63. The van der Waals surface area contributed by atoms with E-state index in [-0.39, 0.29) is 0 Å². The quantitative estimate of drug-likeness (QED) is 0.895. The van der Waals surface area contributed by atoms with Crippen LogP contribution in [0.25, 0.3) is 0 Å². The van der Waals surface area contributed by atoms with Crippen molar-refractivity contribution in [2.24, 2.45) is 0 Å². The van der Waals surface area contributed by atoms with Crippen LogP contribution in [0.3, 0.4) is 0 Å². The van der Waals surface area contributed by atoms with E-state index in [1.165, 1.54) is 6.20 Å². The molecule has 2 heterocycles. The van der Waals surface area contributed by atoms with Gasteiger partial charge < -0.3 is 15.2 Å².